The third-order valence-corrected chi connectivity index (χ3v) is 9.23. The molecule has 0 bridgehead atoms. The Morgan fingerprint density at radius 3 is 2.40 bits per heavy atom. The molecule has 2 aromatic carbocycles. The Balaban J connectivity index is 1.75. The van der Waals surface area contributed by atoms with E-state index in [1.807, 2.05) is 11.0 Å². The average Bonchev–Trinajstić information content (AvgIpc) is 3.57. The van der Waals surface area contributed by atoms with E-state index in [1.54, 1.807) is 29.9 Å². The van der Waals surface area contributed by atoms with Crippen LogP contribution in [0.3, 0.4) is 0 Å². The lowest BCUT2D eigenvalue weighted by Gasteiger charge is -2.34. The number of phenols is 1. The zero-order valence-electron chi connectivity index (χ0n) is 22.5. The van der Waals surface area contributed by atoms with Crippen LogP contribution in [-0.4, -0.2) is 46.2 Å². The largest absolute Gasteiger partial charge is 0.506 e. The fourth-order valence-electron chi connectivity index (χ4n) is 5.50. The molecule has 0 amide bonds. The number of piperidine rings is 1. The molecule has 1 aliphatic rings. The number of fused-ring (bicyclic) bond motifs is 1. The van der Waals surface area contributed by atoms with Crippen molar-refractivity contribution >= 4 is 26.7 Å². The number of nitriles is 1. The van der Waals surface area contributed by atoms with Crippen LogP contribution in [0, 0.1) is 23.0 Å². The van der Waals surface area contributed by atoms with E-state index in [0.717, 1.165) is 10.0 Å². The van der Waals surface area contributed by atoms with Crippen molar-refractivity contribution in [2.75, 3.05) is 18.0 Å². The zero-order valence-corrected chi connectivity index (χ0v) is 23.3. The van der Waals surface area contributed by atoms with Crippen molar-refractivity contribution in [3.8, 4) is 34.1 Å². The number of hydrogen-bond acceptors (Lipinski definition) is 7. The van der Waals surface area contributed by atoms with Crippen LogP contribution >= 0.6 is 0 Å². The Morgan fingerprint density at radius 2 is 1.76 bits per heavy atom. The third kappa shape index (κ3) is 4.56. The van der Waals surface area contributed by atoms with Crippen molar-refractivity contribution in [2.45, 2.75) is 23.8 Å². The number of anilines is 1. The van der Waals surface area contributed by atoms with Crippen LogP contribution in [0.25, 0.3) is 33.3 Å². The maximum absolute atomic E-state index is 14.4. The molecule has 6 rings (SSSR count). The first kappa shape index (κ1) is 27.4. The highest BCUT2D eigenvalue weighted by Gasteiger charge is 2.31. The minimum atomic E-state index is -4.18. The van der Waals surface area contributed by atoms with E-state index >= 15 is 0 Å². The molecular formula is C30H26F2N6O3S. The van der Waals surface area contributed by atoms with Gasteiger partial charge in [0.1, 0.15) is 28.3 Å². The predicted octanol–water partition coefficient (Wildman–Crippen LogP) is 4.73. The van der Waals surface area contributed by atoms with Gasteiger partial charge in [-0.05, 0) is 42.7 Å². The number of aryl methyl sites for hydroxylation is 1. The second kappa shape index (κ2) is 10.3. The van der Waals surface area contributed by atoms with Gasteiger partial charge in [-0.1, -0.05) is 12.1 Å². The minimum Gasteiger partial charge on any atom is -0.506 e. The number of para-hydroxylation sites is 1. The maximum atomic E-state index is 14.4. The normalized spacial score (nSPS) is 14.4. The maximum Gasteiger partial charge on any atom is 0.270 e. The summed E-state index contributed by atoms with van der Waals surface area (Å²) in [6.07, 6.45) is 7.11. The molecule has 0 radical (unpaired) electrons. The summed E-state index contributed by atoms with van der Waals surface area (Å²) < 4.78 is 59.4. The van der Waals surface area contributed by atoms with Gasteiger partial charge in [-0.2, -0.15) is 5.26 Å². The van der Waals surface area contributed by atoms with E-state index in [0.29, 0.717) is 42.6 Å². The molecule has 5 aromatic rings. The second-order valence-corrected chi connectivity index (χ2v) is 12.2. The Hall–Kier alpha value is -4.73. The number of phenolic OH excluding ortho intramolecular Hbond substituents is 1. The summed E-state index contributed by atoms with van der Waals surface area (Å²) in [6, 6.07) is 11.1. The Kier molecular flexibility index (Phi) is 6.71. The Labute approximate surface area is 240 Å². The highest BCUT2D eigenvalue weighted by Crippen LogP contribution is 2.46. The molecule has 0 atom stereocenters. The molecule has 42 heavy (non-hydrogen) atoms. The molecule has 214 valence electrons. The summed E-state index contributed by atoms with van der Waals surface area (Å²) in [7, 11) is -2.48. The third-order valence-electron chi connectivity index (χ3n) is 7.59. The van der Waals surface area contributed by atoms with Crippen molar-refractivity contribution < 1.29 is 22.3 Å². The summed E-state index contributed by atoms with van der Waals surface area (Å²) in [5.41, 5.74) is 7.83. The summed E-state index contributed by atoms with van der Waals surface area (Å²) >= 11 is 0. The molecule has 1 saturated heterocycles. The lowest BCUT2D eigenvalue weighted by atomic mass is 9.95. The van der Waals surface area contributed by atoms with Crippen LogP contribution < -0.4 is 10.6 Å². The quantitative estimate of drug-likeness (QED) is 0.304. The smallest absolute Gasteiger partial charge is 0.270 e. The van der Waals surface area contributed by atoms with Crippen LogP contribution in [0.15, 0.2) is 72.1 Å². The van der Waals surface area contributed by atoms with Gasteiger partial charge in [-0.3, -0.25) is 0 Å². The number of halogens is 2. The van der Waals surface area contributed by atoms with Gasteiger partial charge < -0.3 is 20.3 Å². The van der Waals surface area contributed by atoms with Gasteiger partial charge in [0.05, 0.1) is 16.6 Å². The standard InChI is InChI=1S/C30H26F2N6O3S/c1-36-8-7-23(16-36)42(40,41)38-17-26(24-4-2-3-18(14-33)29(24)39)27-28(37-9-5-22(34)6-10-37)25(15-35-30(27)38)19-11-20(31)13-21(32)12-19/h2-4,7-8,11-13,15-17,22,39H,5-6,9-10,34H2,1H3. The highest BCUT2D eigenvalue weighted by atomic mass is 32.2. The van der Waals surface area contributed by atoms with E-state index in [-0.39, 0.29) is 44.6 Å². The molecule has 0 spiro atoms. The van der Waals surface area contributed by atoms with Gasteiger partial charge in [0.25, 0.3) is 10.0 Å². The van der Waals surface area contributed by atoms with Gasteiger partial charge in [-0.15, -0.1) is 0 Å². The second-order valence-electron chi connectivity index (χ2n) is 10.4. The molecule has 4 heterocycles. The molecule has 1 fully saturated rings. The van der Waals surface area contributed by atoms with Crippen LogP contribution in [0.5, 0.6) is 5.75 Å². The first-order chi connectivity index (χ1) is 20.1. The Morgan fingerprint density at radius 1 is 1.05 bits per heavy atom. The summed E-state index contributed by atoms with van der Waals surface area (Å²) in [5.74, 6) is -1.88. The highest BCUT2D eigenvalue weighted by molar-refractivity contribution is 7.90. The molecule has 0 aliphatic carbocycles. The molecule has 3 N–H and O–H groups in total. The molecular weight excluding hydrogens is 562 g/mol. The monoisotopic (exact) mass is 588 g/mol. The molecule has 3 aromatic heterocycles. The first-order valence-electron chi connectivity index (χ1n) is 13.2. The van der Waals surface area contributed by atoms with E-state index in [2.05, 4.69) is 4.98 Å². The van der Waals surface area contributed by atoms with Crippen LogP contribution in [0.1, 0.15) is 18.4 Å². The van der Waals surface area contributed by atoms with Crippen LogP contribution in [-0.2, 0) is 17.1 Å². The Bertz CT molecular complexity index is 1980. The van der Waals surface area contributed by atoms with E-state index in [4.69, 9.17) is 5.73 Å². The average molecular weight is 589 g/mol. The van der Waals surface area contributed by atoms with Gasteiger partial charge in [0, 0.05) is 73.7 Å². The summed E-state index contributed by atoms with van der Waals surface area (Å²) in [5, 5.41) is 21.0. The SMILES string of the molecule is Cn1ccc(S(=O)(=O)n2cc(-c3cccc(C#N)c3O)c3c(N4CCC(N)CC4)c(-c4cc(F)cc(F)c4)cnc32)c1. The number of aromatic hydroxyl groups is 1. The number of pyridine rings is 1. The molecule has 1 aliphatic heterocycles. The van der Waals surface area contributed by atoms with Crippen molar-refractivity contribution in [1.82, 2.24) is 13.5 Å². The molecule has 9 nitrogen and oxygen atoms in total. The topological polar surface area (TPSA) is 130 Å². The van der Waals surface area contributed by atoms with Crippen molar-refractivity contribution in [3.63, 3.8) is 0 Å². The molecule has 0 saturated carbocycles. The lowest BCUT2D eigenvalue weighted by molar-refractivity contribution is 0.475. The number of rotatable bonds is 5. The number of benzene rings is 2. The first-order valence-corrected chi connectivity index (χ1v) is 14.6. The minimum absolute atomic E-state index is 0.00104. The fraction of sp³-hybridized carbons (Fsp3) is 0.200. The fourth-order valence-corrected chi connectivity index (χ4v) is 6.87. The number of aromatic nitrogens is 3. The summed E-state index contributed by atoms with van der Waals surface area (Å²) in [6.45, 7) is 0.983. The van der Waals surface area contributed by atoms with Gasteiger partial charge >= 0.3 is 0 Å². The van der Waals surface area contributed by atoms with Gasteiger partial charge in [0.15, 0.2) is 5.65 Å². The number of hydrogen-bond donors (Lipinski definition) is 2. The van der Waals surface area contributed by atoms with E-state index in [1.165, 1.54) is 42.9 Å². The molecule has 0 unspecified atom stereocenters. The lowest BCUT2D eigenvalue weighted by Crippen LogP contribution is -2.40. The van der Waals surface area contributed by atoms with Gasteiger partial charge in [0.2, 0.25) is 0 Å². The predicted molar refractivity (Wildman–Crippen MR) is 154 cm³/mol. The van der Waals surface area contributed by atoms with Crippen LogP contribution in [0.4, 0.5) is 14.5 Å². The van der Waals surface area contributed by atoms with E-state index < -0.39 is 21.7 Å². The van der Waals surface area contributed by atoms with Crippen molar-refractivity contribution in [3.05, 3.63) is 84.4 Å². The van der Waals surface area contributed by atoms with E-state index in [9.17, 15) is 27.6 Å². The van der Waals surface area contributed by atoms with Crippen molar-refractivity contribution in [2.24, 2.45) is 12.8 Å². The summed E-state index contributed by atoms with van der Waals surface area (Å²) in [4.78, 5) is 6.56. The van der Waals surface area contributed by atoms with Crippen molar-refractivity contribution in [1.29, 1.82) is 5.26 Å². The molecule has 12 heteroatoms. The number of nitrogens with zero attached hydrogens (tertiary/aromatic N) is 5. The number of nitrogens with two attached hydrogens (primary N) is 1. The van der Waals surface area contributed by atoms with Gasteiger partial charge in [-0.25, -0.2) is 26.2 Å². The zero-order chi connectivity index (χ0) is 29.8. The van der Waals surface area contributed by atoms with Crippen LogP contribution in [0.2, 0.25) is 0 Å².